The summed E-state index contributed by atoms with van der Waals surface area (Å²) in [5, 5.41) is 65.5. The Balaban J connectivity index is 1.74. The molecule has 0 radical (unpaired) electrons. The number of hydrogen-bond donors (Lipinski definition) is 6. The molecule has 2 aliphatic rings. The molecule has 2 saturated heterocycles. The van der Waals surface area contributed by atoms with Gasteiger partial charge in [0.1, 0.15) is 49.8 Å². The van der Waals surface area contributed by atoms with Crippen LogP contribution in [0.3, 0.4) is 0 Å². The largest absolute Gasteiger partial charge is 0.504 e. The third-order valence-corrected chi connectivity index (χ3v) is 8.26. The van der Waals surface area contributed by atoms with Gasteiger partial charge in [-0.3, -0.25) is 24.0 Å². The number of hydrogen-bond acceptors (Lipinski definition) is 20. The molecule has 20 nitrogen and oxygen atoms in total. The third kappa shape index (κ3) is 10.6. The van der Waals surface area contributed by atoms with Crippen LogP contribution >= 0.6 is 0 Å². The van der Waals surface area contributed by atoms with Crippen LogP contribution in [0.5, 0.6) is 28.7 Å². The Labute approximate surface area is 318 Å². The number of aromatic hydroxyl groups is 2. The zero-order valence-corrected chi connectivity index (χ0v) is 30.6. The van der Waals surface area contributed by atoms with Crippen LogP contribution in [0.4, 0.5) is 0 Å². The van der Waals surface area contributed by atoms with E-state index in [9.17, 15) is 54.6 Å². The highest BCUT2D eigenvalue weighted by atomic mass is 16.7. The van der Waals surface area contributed by atoms with Crippen LogP contribution in [0, 0.1) is 0 Å². The van der Waals surface area contributed by atoms with Gasteiger partial charge in [-0.1, -0.05) is 12.1 Å². The van der Waals surface area contributed by atoms with Gasteiger partial charge in [-0.25, -0.2) is 0 Å². The van der Waals surface area contributed by atoms with Crippen molar-refractivity contribution in [2.24, 2.45) is 0 Å². The van der Waals surface area contributed by atoms with Gasteiger partial charge in [0.2, 0.25) is 18.3 Å². The van der Waals surface area contributed by atoms with Crippen LogP contribution in [0.25, 0.3) is 6.08 Å². The van der Waals surface area contributed by atoms with Crippen LogP contribution in [0.15, 0.2) is 36.4 Å². The SMILES string of the molecule is COc1ccc(C=CC(=O)c2ccc(OC3OC(COC(C)=O)C(OC(C)=O)C(O)C3O)c(OC3OC(COC(C)=O)C(OC(C)=O)C(O)C3O)c2O)cc1O. The molecule has 10 unspecified atom stereocenters. The predicted octanol–water partition coefficient (Wildman–Crippen LogP) is -0.357. The summed E-state index contributed by atoms with van der Waals surface area (Å²) in [6.07, 6.45) is -15.3. The molecule has 2 heterocycles. The number of ketones is 1. The van der Waals surface area contributed by atoms with Crippen LogP contribution in [-0.2, 0) is 47.6 Å². The highest BCUT2D eigenvalue weighted by Gasteiger charge is 2.50. The lowest BCUT2D eigenvalue weighted by Gasteiger charge is -2.42. The number of ether oxygens (including phenoxy) is 9. The number of aliphatic hydroxyl groups is 4. The van der Waals surface area contributed by atoms with Crippen molar-refractivity contribution in [1.82, 2.24) is 0 Å². The normalized spacial score (nSPS) is 27.4. The number of aliphatic hydroxyl groups excluding tert-OH is 4. The molecule has 6 N–H and O–H groups in total. The van der Waals surface area contributed by atoms with Crippen molar-refractivity contribution < 1.29 is 97.2 Å². The monoisotopic (exact) mass is 794 g/mol. The Morgan fingerprint density at radius 3 is 1.64 bits per heavy atom. The third-order valence-electron chi connectivity index (χ3n) is 8.26. The number of phenolic OH excluding ortho intramolecular Hbond substituents is 2. The number of esters is 4. The fraction of sp³-hybridized carbons (Fsp3) is 0.472. The number of benzene rings is 2. The first kappa shape index (κ1) is 43.2. The smallest absolute Gasteiger partial charge is 0.303 e. The topological polar surface area (TPSA) is 290 Å². The summed E-state index contributed by atoms with van der Waals surface area (Å²) in [4.78, 5) is 60.1. The van der Waals surface area contributed by atoms with Crippen molar-refractivity contribution in [2.75, 3.05) is 20.3 Å². The summed E-state index contributed by atoms with van der Waals surface area (Å²) < 4.78 is 48.2. The van der Waals surface area contributed by atoms with Crippen molar-refractivity contribution >= 4 is 35.7 Å². The summed E-state index contributed by atoms with van der Waals surface area (Å²) in [6, 6.07) is 6.43. The molecule has 20 heteroatoms. The molecule has 2 aromatic rings. The zero-order chi connectivity index (χ0) is 41.4. The Morgan fingerprint density at radius 1 is 0.679 bits per heavy atom. The Bertz CT molecular complexity index is 1790. The summed E-state index contributed by atoms with van der Waals surface area (Å²) in [5.41, 5.74) is -0.0759. The maximum atomic E-state index is 13.4. The highest BCUT2D eigenvalue weighted by Crippen LogP contribution is 2.43. The molecule has 0 spiro atoms. The average Bonchev–Trinajstić information content (AvgIpc) is 3.13. The lowest BCUT2D eigenvalue weighted by atomic mass is 9.98. The van der Waals surface area contributed by atoms with E-state index in [1.54, 1.807) is 0 Å². The van der Waals surface area contributed by atoms with E-state index in [4.69, 9.17) is 42.6 Å². The fourth-order valence-electron chi connectivity index (χ4n) is 5.62. The first-order chi connectivity index (χ1) is 26.4. The first-order valence-electron chi connectivity index (χ1n) is 16.8. The average molecular weight is 795 g/mol. The Morgan fingerprint density at radius 2 is 1.18 bits per heavy atom. The van der Waals surface area contributed by atoms with Crippen molar-refractivity contribution in [1.29, 1.82) is 0 Å². The molecule has 0 aliphatic carbocycles. The number of carbonyl (C=O) groups excluding carboxylic acids is 5. The van der Waals surface area contributed by atoms with Gasteiger partial charge in [0.05, 0.1) is 12.7 Å². The van der Waals surface area contributed by atoms with Gasteiger partial charge in [-0.2, -0.15) is 0 Å². The van der Waals surface area contributed by atoms with Gasteiger partial charge in [-0.15, -0.1) is 0 Å². The summed E-state index contributed by atoms with van der Waals surface area (Å²) in [6.45, 7) is 3.01. The molecule has 306 valence electrons. The summed E-state index contributed by atoms with van der Waals surface area (Å²) in [7, 11) is 1.35. The molecule has 2 aromatic carbocycles. The Hall–Kier alpha value is -5.51. The van der Waals surface area contributed by atoms with Gasteiger partial charge in [-0.05, 0) is 35.9 Å². The van der Waals surface area contributed by atoms with E-state index in [2.05, 4.69) is 0 Å². The molecule has 0 bridgehead atoms. The minimum absolute atomic E-state index is 0.175. The lowest BCUT2D eigenvalue weighted by Crippen LogP contribution is -2.61. The van der Waals surface area contributed by atoms with E-state index in [0.717, 1.165) is 45.9 Å². The molecule has 2 fully saturated rings. The van der Waals surface area contributed by atoms with E-state index in [1.807, 2.05) is 0 Å². The van der Waals surface area contributed by atoms with Crippen LogP contribution in [-0.4, -0.2) is 142 Å². The van der Waals surface area contributed by atoms with Crippen molar-refractivity contribution in [3.05, 3.63) is 47.5 Å². The lowest BCUT2D eigenvalue weighted by molar-refractivity contribution is -0.286. The van der Waals surface area contributed by atoms with E-state index >= 15 is 0 Å². The molecule has 4 rings (SSSR count). The molecular weight excluding hydrogens is 752 g/mol. The zero-order valence-electron chi connectivity index (χ0n) is 30.6. The first-order valence-corrected chi connectivity index (χ1v) is 16.8. The van der Waals surface area contributed by atoms with Crippen molar-refractivity contribution in [3.8, 4) is 28.7 Å². The second-order valence-electron chi connectivity index (χ2n) is 12.5. The van der Waals surface area contributed by atoms with E-state index in [0.29, 0.717) is 5.56 Å². The van der Waals surface area contributed by atoms with Crippen LogP contribution < -0.4 is 14.2 Å². The number of allylic oxidation sites excluding steroid dienone is 1. The molecule has 2 aliphatic heterocycles. The molecule has 56 heavy (non-hydrogen) atoms. The van der Waals surface area contributed by atoms with Gasteiger partial charge in [0.25, 0.3) is 0 Å². The second-order valence-corrected chi connectivity index (χ2v) is 12.5. The summed E-state index contributed by atoms with van der Waals surface area (Å²) in [5.74, 6) is -6.40. The van der Waals surface area contributed by atoms with Crippen LogP contribution in [0.2, 0.25) is 0 Å². The molecular formula is C36H42O20. The van der Waals surface area contributed by atoms with E-state index < -0.39 is 127 Å². The van der Waals surface area contributed by atoms with Gasteiger partial charge >= 0.3 is 23.9 Å². The number of methoxy groups -OCH3 is 1. The molecule has 0 aromatic heterocycles. The second kappa shape index (κ2) is 18.9. The van der Waals surface area contributed by atoms with E-state index in [1.165, 1.54) is 31.4 Å². The number of rotatable bonds is 14. The fourth-order valence-corrected chi connectivity index (χ4v) is 5.62. The predicted molar refractivity (Wildman–Crippen MR) is 183 cm³/mol. The minimum atomic E-state index is -2.04. The van der Waals surface area contributed by atoms with Gasteiger partial charge in [0.15, 0.2) is 41.0 Å². The standard InChI is InChI=1S/C36H42O20/c1-15(37)49-13-25-33(51-17(3)39)28(44)30(46)35(54-25)53-24-11-8-20(21(41)9-6-19-7-10-23(48-5)22(42)12-19)27(43)32(24)56-36-31(47)29(45)34(52-18(4)40)26(55-36)14-50-16(2)38/h6-12,25-26,28-31,33-36,42-47H,13-14H2,1-5H3. The highest BCUT2D eigenvalue weighted by molar-refractivity contribution is 6.09. The summed E-state index contributed by atoms with van der Waals surface area (Å²) >= 11 is 0. The maximum absolute atomic E-state index is 13.4. The number of phenols is 2. The van der Waals surface area contributed by atoms with Crippen molar-refractivity contribution in [2.45, 2.75) is 89.1 Å². The quantitative estimate of drug-likeness (QED) is 0.0616. The van der Waals surface area contributed by atoms with Gasteiger partial charge < -0.3 is 73.3 Å². The Kier molecular flexibility index (Phi) is 14.6. The number of carbonyl (C=O) groups is 5. The molecule has 10 atom stereocenters. The molecule has 0 saturated carbocycles. The minimum Gasteiger partial charge on any atom is -0.504 e. The maximum Gasteiger partial charge on any atom is 0.303 e. The van der Waals surface area contributed by atoms with E-state index in [-0.39, 0.29) is 11.5 Å². The van der Waals surface area contributed by atoms with Crippen molar-refractivity contribution in [3.63, 3.8) is 0 Å². The van der Waals surface area contributed by atoms with Crippen LogP contribution in [0.1, 0.15) is 43.6 Å². The van der Waals surface area contributed by atoms with Gasteiger partial charge in [0, 0.05) is 27.7 Å². The molecule has 0 amide bonds.